The van der Waals surface area contributed by atoms with Crippen molar-refractivity contribution in [3.63, 3.8) is 0 Å². The highest BCUT2D eigenvalue weighted by Gasteiger charge is 2.46. The zero-order valence-electron chi connectivity index (χ0n) is 15.2. The summed E-state index contributed by atoms with van der Waals surface area (Å²) in [5.41, 5.74) is 0.921. The van der Waals surface area contributed by atoms with Crippen molar-refractivity contribution in [3.8, 4) is 0 Å². The van der Waals surface area contributed by atoms with Crippen LogP contribution in [0.25, 0.3) is 0 Å². The number of aliphatic hydroxyl groups is 2. The Bertz CT molecular complexity index is 673. The topological polar surface area (TPSA) is 112 Å². The van der Waals surface area contributed by atoms with Gasteiger partial charge in [-0.25, -0.2) is 0 Å². The lowest BCUT2D eigenvalue weighted by molar-refractivity contribution is -0.304. The van der Waals surface area contributed by atoms with E-state index in [1.165, 1.54) is 19.2 Å². The van der Waals surface area contributed by atoms with Crippen LogP contribution in [-0.4, -0.2) is 69.2 Å². The number of benzene rings is 1. The van der Waals surface area contributed by atoms with Gasteiger partial charge >= 0.3 is 0 Å². The third-order valence-electron chi connectivity index (χ3n) is 4.00. The molecule has 148 valence electrons. The molecule has 2 rings (SSSR count). The lowest BCUT2D eigenvalue weighted by atomic mass is 9.99. The lowest BCUT2D eigenvalue weighted by Gasteiger charge is -2.42. The molecule has 1 saturated heterocycles. The van der Waals surface area contributed by atoms with Crippen molar-refractivity contribution in [2.45, 2.75) is 62.5 Å². The van der Waals surface area contributed by atoms with Gasteiger partial charge in [-0.2, -0.15) is 8.42 Å². The smallest absolute Gasteiger partial charge is 0.297 e. The van der Waals surface area contributed by atoms with Crippen molar-refractivity contribution in [1.82, 2.24) is 0 Å². The molecule has 0 spiro atoms. The molecule has 5 unspecified atom stereocenters. The zero-order chi connectivity index (χ0) is 19.5. The first-order valence-corrected chi connectivity index (χ1v) is 9.72. The number of ether oxygens (including phenoxy) is 3. The maximum Gasteiger partial charge on any atom is 0.297 e. The second kappa shape index (κ2) is 8.75. The van der Waals surface area contributed by atoms with E-state index in [-0.39, 0.29) is 11.0 Å². The van der Waals surface area contributed by atoms with E-state index in [2.05, 4.69) is 0 Å². The van der Waals surface area contributed by atoms with Gasteiger partial charge in [0.15, 0.2) is 6.29 Å². The molecule has 1 aliphatic heterocycles. The monoisotopic (exact) mass is 390 g/mol. The molecule has 0 aromatic heterocycles. The fourth-order valence-electron chi connectivity index (χ4n) is 2.65. The maximum absolute atomic E-state index is 12.4. The molecule has 0 saturated carbocycles. The summed E-state index contributed by atoms with van der Waals surface area (Å²) >= 11 is 0. The van der Waals surface area contributed by atoms with Gasteiger partial charge < -0.3 is 24.4 Å². The van der Waals surface area contributed by atoms with Crippen LogP contribution in [0.15, 0.2) is 29.2 Å². The van der Waals surface area contributed by atoms with Gasteiger partial charge in [0.1, 0.15) is 24.4 Å². The molecule has 2 N–H and O–H groups in total. The molecule has 0 radical (unpaired) electrons. The first-order valence-electron chi connectivity index (χ1n) is 8.31. The number of rotatable bonds is 7. The Morgan fingerprint density at radius 1 is 1.15 bits per heavy atom. The van der Waals surface area contributed by atoms with Gasteiger partial charge in [-0.05, 0) is 32.9 Å². The summed E-state index contributed by atoms with van der Waals surface area (Å²) in [7, 11) is -2.69. The van der Waals surface area contributed by atoms with Crippen molar-refractivity contribution in [1.29, 1.82) is 0 Å². The van der Waals surface area contributed by atoms with Gasteiger partial charge in [0.05, 0.1) is 17.6 Å². The summed E-state index contributed by atoms with van der Waals surface area (Å²) in [5, 5.41) is 20.3. The van der Waals surface area contributed by atoms with Crippen LogP contribution >= 0.6 is 0 Å². The maximum atomic E-state index is 12.4. The molecule has 1 aliphatic rings. The number of hydrogen-bond acceptors (Lipinski definition) is 8. The van der Waals surface area contributed by atoms with Crippen LogP contribution in [0.4, 0.5) is 0 Å². The van der Waals surface area contributed by atoms with Crippen molar-refractivity contribution < 1.29 is 37.0 Å². The minimum atomic E-state index is -4.00. The molecule has 5 atom stereocenters. The van der Waals surface area contributed by atoms with Crippen LogP contribution in [0.5, 0.6) is 0 Å². The van der Waals surface area contributed by atoms with E-state index < -0.39 is 47.4 Å². The standard InChI is InChI=1S/C17H26O8S/c1-10(2)24-16-13(25-17(22-4)15(19)14(16)18)9-23-26(20,21)12-7-5-11(3)6-8-12/h5-8,10,13-19H,9H2,1-4H3. The third kappa shape index (κ3) is 5.01. The molecule has 0 amide bonds. The second-order valence-corrected chi connectivity index (χ2v) is 8.08. The lowest BCUT2D eigenvalue weighted by Crippen LogP contribution is -2.60. The number of aliphatic hydroxyl groups excluding tert-OH is 2. The van der Waals surface area contributed by atoms with Gasteiger partial charge in [-0.15, -0.1) is 0 Å². The van der Waals surface area contributed by atoms with Crippen molar-refractivity contribution in [2.24, 2.45) is 0 Å². The molecular weight excluding hydrogens is 364 g/mol. The largest absolute Gasteiger partial charge is 0.387 e. The SMILES string of the molecule is COC1OC(COS(=O)(=O)c2ccc(C)cc2)C(OC(C)C)C(O)C1O. The summed E-state index contributed by atoms with van der Waals surface area (Å²) in [4.78, 5) is 0.0177. The summed E-state index contributed by atoms with van der Waals surface area (Å²) < 4.78 is 45.9. The first-order chi connectivity index (χ1) is 12.2. The van der Waals surface area contributed by atoms with Crippen LogP contribution in [0.2, 0.25) is 0 Å². The average molecular weight is 390 g/mol. The molecule has 8 nitrogen and oxygen atoms in total. The average Bonchev–Trinajstić information content (AvgIpc) is 2.58. The van der Waals surface area contributed by atoms with Gasteiger partial charge in [0.2, 0.25) is 0 Å². The highest BCUT2D eigenvalue weighted by Crippen LogP contribution is 2.26. The normalized spacial score (nSPS) is 29.9. The van der Waals surface area contributed by atoms with Crippen LogP contribution in [-0.2, 0) is 28.5 Å². The van der Waals surface area contributed by atoms with Crippen molar-refractivity contribution >= 4 is 10.1 Å². The van der Waals surface area contributed by atoms with Crippen LogP contribution in [0, 0.1) is 6.92 Å². The third-order valence-corrected chi connectivity index (χ3v) is 5.30. The van der Waals surface area contributed by atoms with E-state index >= 15 is 0 Å². The number of hydrogen-bond donors (Lipinski definition) is 2. The van der Waals surface area contributed by atoms with E-state index in [9.17, 15) is 18.6 Å². The van der Waals surface area contributed by atoms with Crippen molar-refractivity contribution in [2.75, 3.05) is 13.7 Å². The Morgan fingerprint density at radius 2 is 1.77 bits per heavy atom. The summed E-state index contributed by atoms with van der Waals surface area (Å²) in [6.45, 7) is 4.96. The zero-order valence-corrected chi connectivity index (χ0v) is 16.0. The van der Waals surface area contributed by atoms with Crippen LogP contribution in [0.3, 0.4) is 0 Å². The molecule has 0 aliphatic carbocycles. The molecule has 26 heavy (non-hydrogen) atoms. The molecule has 1 aromatic carbocycles. The predicted molar refractivity (Wildman–Crippen MR) is 92.0 cm³/mol. The summed E-state index contributed by atoms with van der Waals surface area (Å²) in [5.74, 6) is 0. The van der Waals surface area contributed by atoms with E-state index in [0.717, 1.165) is 5.56 Å². The van der Waals surface area contributed by atoms with Crippen molar-refractivity contribution in [3.05, 3.63) is 29.8 Å². The van der Waals surface area contributed by atoms with E-state index in [1.807, 2.05) is 6.92 Å². The minimum Gasteiger partial charge on any atom is -0.387 e. The Labute approximate surface area is 153 Å². The fourth-order valence-corrected chi connectivity index (χ4v) is 3.57. The Morgan fingerprint density at radius 3 is 2.31 bits per heavy atom. The molecule has 0 bridgehead atoms. The quantitative estimate of drug-likeness (QED) is 0.651. The van der Waals surface area contributed by atoms with Crippen LogP contribution < -0.4 is 0 Å². The Balaban J connectivity index is 2.14. The highest BCUT2D eigenvalue weighted by atomic mass is 32.2. The Hall–Kier alpha value is -1.07. The number of methoxy groups -OCH3 is 1. The first kappa shape index (κ1) is 21.2. The summed E-state index contributed by atoms with van der Waals surface area (Å²) in [6, 6.07) is 6.23. The summed E-state index contributed by atoms with van der Waals surface area (Å²) in [6.07, 6.45) is -5.94. The predicted octanol–water partition coefficient (Wildman–Crippen LogP) is 0.587. The van der Waals surface area contributed by atoms with Gasteiger partial charge in [-0.3, -0.25) is 4.18 Å². The van der Waals surface area contributed by atoms with Crippen LogP contribution in [0.1, 0.15) is 19.4 Å². The molecular formula is C17H26O8S. The van der Waals surface area contributed by atoms with Gasteiger partial charge in [0.25, 0.3) is 10.1 Å². The minimum absolute atomic E-state index is 0.0177. The Kier molecular flexibility index (Phi) is 7.14. The second-order valence-electron chi connectivity index (χ2n) is 6.46. The van der Waals surface area contributed by atoms with E-state index in [0.29, 0.717) is 0 Å². The molecule has 1 aromatic rings. The molecule has 1 heterocycles. The highest BCUT2D eigenvalue weighted by molar-refractivity contribution is 7.86. The van der Waals surface area contributed by atoms with Gasteiger partial charge in [0, 0.05) is 7.11 Å². The number of aryl methyl sites for hydroxylation is 1. The molecule has 9 heteroatoms. The van der Waals surface area contributed by atoms with E-state index in [4.69, 9.17) is 18.4 Å². The fraction of sp³-hybridized carbons (Fsp3) is 0.647. The van der Waals surface area contributed by atoms with E-state index in [1.54, 1.807) is 26.0 Å². The molecule has 1 fully saturated rings. The van der Waals surface area contributed by atoms with Gasteiger partial charge in [-0.1, -0.05) is 17.7 Å².